The number of hydrogen-bond acceptors (Lipinski definition) is 4. The van der Waals surface area contributed by atoms with Crippen molar-refractivity contribution >= 4 is 40.4 Å². The second-order valence-corrected chi connectivity index (χ2v) is 6.65. The smallest absolute Gasteiger partial charge is 0.328 e. The molecule has 26 heavy (non-hydrogen) atoms. The van der Waals surface area contributed by atoms with Crippen LogP contribution in [0.3, 0.4) is 0 Å². The van der Waals surface area contributed by atoms with Gasteiger partial charge in [0, 0.05) is 15.6 Å². The summed E-state index contributed by atoms with van der Waals surface area (Å²) in [6.45, 7) is -0.229. The summed E-state index contributed by atoms with van der Waals surface area (Å²) >= 11 is 2.17. The van der Waals surface area contributed by atoms with Crippen LogP contribution in [0.5, 0.6) is 0 Å². The zero-order chi connectivity index (χ0) is 18.9. The summed E-state index contributed by atoms with van der Waals surface area (Å²) in [5.41, 5.74) is 1.39. The van der Waals surface area contributed by atoms with Crippen LogP contribution in [0.4, 0.5) is 0 Å². The Morgan fingerprint density at radius 2 is 1.69 bits per heavy atom. The third-order valence-corrected chi connectivity index (χ3v) is 4.70. The van der Waals surface area contributed by atoms with Crippen molar-refractivity contribution in [2.75, 3.05) is 13.7 Å². The van der Waals surface area contributed by atoms with Crippen LogP contribution in [0.25, 0.3) is 0 Å². The lowest BCUT2D eigenvalue weighted by molar-refractivity contribution is -0.144. The maximum absolute atomic E-state index is 12.1. The normalized spacial score (nSPS) is 11.3. The molecule has 0 fully saturated rings. The van der Waals surface area contributed by atoms with Crippen LogP contribution in [0.1, 0.15) is 15.9 Å². The highest BCUT2D eigenvalue weighted by Gasteiger charge is 2.23. The van der Waals surface area contributed by atoms with Gasteiger partial charge in [0.1, 0.15) is 6.04 Å². The van der Waals surface area contributed by atoms with E-state index in [4.69, 9.17) is 4.74 Å². The fourth-order valence-corrected chi connectivity index (χ4v) is 2.92. The molecule has 2 aromatic carbocycles. The van der Waals surface area contributed by atoms with Gasteiger partial charge in [-0.15, -0.1) is 0 Å². The lowest BCUT2D eigenvalue weighted by Gasteiger charge is -2.17. The van der Waals surface area contributed by atoms with Crippen LogP contribution in [-0.2, 0) is 20.7 Å². The number of methoxy groups -OCH3 is 1. The SMILES string of the molecule is COC(=O)[C@H](Cc1ccccc1I)NC(=O)CNC(=O)c1ccccc1. The fourth-order valence-electron chi connectivity index (χ4n) is 2.32. The molecule has 0 aliphatic heterocycles. The Morgan fingerprint density at radius 3 is 2.35 bits per heavy atom. The van der Waals surface area contributed by atoms with E-state index < -0.39 is 17.9 Å². The third kappa shape index (κ3) is 5.83. The standard InChI is InChI=1S/C19H19IN2O4/c1-26-19(25)16(11-14-9-5-6-10-15(14)20)22-17(23)12-21-18(24)13-7-3-2-4-8-13/h2-10,16H,11-12H2,1H3,(H,21,24)(H,22,23)/t16-/m0/s1. The van der Waals surface area contributed by atoms with Crippen molar-refractivity contribution in [2.45, 2.75) is 12.5 Å². The molecule has 2 rings (SSSR count). The second-order valence-electron chi connectivity index (χ2n) is 5.49. The topological polar surface area (TPSA) is 84.5 Å². The van der Waals surface area contributed by atoms with Gasteiger partial charge in [-0.1, -0.05) is 36.4 Å². The van der Waals surface area contributed by atoms with Crippen LogP contribution < -0.4 is 10.6 Å². The average molecular weight is 466 g/mol. The molecule has 0 radical (unpaired) electrons. The highest BCUT2D eigenvalue weighted by molar-refractivity contribution is 14.1. The Kier molecular flexibility index (Phi) is 7.58. The van der Waals surface area contributed by atoms with E-state index in [9.17, 15) is 14.4 Å². The zero-order valence-corrected chi connectivity index (χ0v) is 16.4. The van der Waals surface area contributed by atoms with Gasteiger partial charge in [-0.3, -0.25) is 9.59 Å². The summed E-state index contributed by atoms with van der Waals surface area (Å²) in [5, 5.41) is 5.15. The molecule has 0 bridgehead atoms. The van der Waals surface area contributed by atoms with Crippen molar-refractivity contribution in [2.24, 2.45) is 0 Å². The van der Waals surface area contributed by atoms with Gasteiger partial charge in [-0.05, 0) is 46.4 Å². The van der Waals surface area contributed by atoms with Gasteiger partial charge in [0.05, 0.1) is 13.7 Å². The predicted octanol–water partition coefficient (Wildman–Crippen LogP) is 1.92. The minimum absolute atomic E-state index is 0.229. The van der Waals surface area contributed by atoms with E-state index in [-0.39, 0.29) is 12.5 Å². The van der Waals surface area contributed by atoms with Crippen LogP contribution in [-0.4, -0.2) is 37.5 Å². The molecule has 7 heteroatoms. The first-order chi connectivity index (χ1) is 12.5. The van der Waals surface area contributed by atoms with E-state index >= 15 is 0 Å². The second kappa shape index (κ2) is 9.91. The van der Waals surface area contributed by atoms with Crippen molar-refractivity contribution in [3.63, 3.8) is 0 Å². The summed E-state index contributed by atoms with van der Waals surface area (Å²) < 4.78 is 5.77. The van der Waals surface area contributed by atoms with Gasteiger partial charge in [-0.2, -0.15) is 0 Å². The highest BCUT2D eigenvalue weighted by atomic mass is 127. The van der Waals surface area contributed by atoms with Gasteiger partial charge >= 0.3 is 5.97 Å². The number of amides is 2. The number of carbonyl (C=O) groups is 3. The molecule has 0 aromatic heterocycles. The van der Waals surface area contributed by atoms with E-state index in [0.717, 1.165) is 9.13 Å². The Morgan fingerprint density at radius 1 is 1.04 bits per heavy atom. The maximum Gasteiger partial charge on any atom is 0.328 e. The van der Waals surface area contributed by atoms with E-state index in [1.807, 2.05) is 24.3 Å². The first-order valence-corrected chi connectivity index (χ1v) is 9.03. The quantitative estimate of drug-likeness (QED) is 0.483. The molecule has 0 aliphatic rings. The van der Waals surface area contributed by atoms with E-state index in [1.54, 1.807) is 30.3 Å². The highest BCUT2D eigenvalue weighted by Crippen LogP contribution is 2.14. The number of esters is 1. The number of halogens is 1. The summed E-state index contributed by atoms with van der Waals surface area (Å²) in [5.74, 6) is -1.35. The predicted molar refractivity (Wildman–Crippen MR) is 106 cm³/mol. The van der Waals surface area contributed by atoms with Crippen LogP contribution in [0, 0.1) is 3.57 Å². The molecule has 136 valence electrons. The molecular formula is C19H19IN2O4. The largest absolute Gasteiger partial charge is 0.467 e. The summed E-state index contributed by atoms with van der Waals surface area (Å²) in [7, 11) is 1.27. The lowest BCUT2D eigenvalue weighted by Crippen LogP contribution is -2.47. The number of hydrogen-bond donors (Lipinski definition) is 2. The molecule has 0 heterocycles. The summed E-state index contributed by atoms with van der Waals surface area (Å²) in [4.78, 5) is 36.1. The number of nitrogens with one attached hydrogen (secondary N) is 2. The minimum atomic E-state index is -0.822. The molecule has 2 N–H and O–H groups in total. The van der Waals surface area contributed by atoms with Gasteiger partial charge < -0.3 is 15.4 Å². The van der Waals surface area contributed by atoms with Crippen molar-refractivity contribution in [3.8, 4) is 0 Å². The molecule has 2 aromatic rings. The first-order valence-electron chi connectivity index (χ1n) is 7.95. The van der Waals surface area contributed by atoms with Gasteiger partial charge in [-0.25, -0.2) is 4.79 Å². The number of benzene rings is 2. The zero-order valence-electron chi connectivity index (χ0n) is 14.2. The minimum Gasteiger partial charge on any atom is -0.467 e. The first kappa shape index (κ1) is 19.9. The lowest BCUT2D eigenvalue weighted by atomic mass is 10.1. The summed E-state index contributed by atoms with van der Waals surface area (Å²) in [6, 6.07) is 15.3. The monoisotopic (exact) mass is 466 g/mol. The molecular weight excluding hydrogens is 447 g/mol. The number of ether oxygens (including phenoxy) is 1. The van der Waals surface area contributed by atoms with Crippen LogP contribution in [0.15, 0.2) is 54.6 Å². The Bertz CT molecular complexity index is 780. The number of carbonyl (C=O) groups excluding carboxylic acids is 3. The van der Waals surface area contributed by atoms with E-state index in [1.165, 1.54) is 7.11 Å². The van der Waals surface area contributed by atoms with Crippen molar-refractivity contribution < 1.29 is 19.1 Å². The van der Waals surface area contributed by atoms with Crippen molar-refractivity contribution in [1.82, 2.24) is 10.6 Å². The molecule has 1 atom stereocenters. The average Bonchev–Trinajstić information content (AvgIpc) is 2.67. The maximum atomic E-state index is 12.1. The van der Waals surface area contributed by atoms with Crippen LogP contribution >= 0.6 is 22.6 Å². The third-order valence-electron chi connectivity index (χ3n) is 3.65. The molecule has 0 saturated heterocycles. The molecule has 0 unspecified atom stereocenters. The van der Waals surface area contributed by atoms with E-state index in [0.29, 0.717) is 12.0 Å². The van der Waals surface area contributed by atoms with Gasteiger partial charge in [0.15, 0.2) is 0 Å². The van der Waals surface area contributed by atoms with Crippen molar-refractivity contribution in [1.29, 1.82) is 0 Å². The molecule has 0 spiro atoms. The Hall–Kier alpha value is -2.42. The summed E-state index contributed by atoms with van der Waals surface area (Å²) in [6.07, 6.45) is 0.310. The number of rotatable bonds is 7. The molecule has 6 nitrogen and oxygen atoms in total. The van der Waals surface area contributed by atoms with E-state index in [2.05, 4.69) is 33.2 Å². The Balaban J connectivity index is 1.95. The van der Waals surface area contributed by atoms with Gasteiger partial charge in [0.25, 0.3) is 5.91 Å². The molecule has 2 amide bonds. The molecule has 0 saturated carbocycles. The fraction of sp³-hybridized carbons (Fsp3) is 0.211. The Labute approximate surface area is 165 Å². The molecule has 0 aliphatic carbocycles. The van der Waals surface area contributed by atoms with Crippen molar-refractivity contribution in [3.05, 3.63) is 69.3 Å². The van der Waals surface area contributed by atoms with Gasteiger partial charge in [0.2, 0.25) is 5.91 Å². The van der Waals surface area contributed by atoms with Crippen LogP contribution in [0.2, 0.25) is 0 Å².